The van der Waals surface area contributed by atoms with Gasteiger partial charge in [0.15, 0.2) is 0 Å². The molecule has 0 saturated carbocycles. The Balaban J connectivity index is 3.31. The molecule has 0 aliphatic heterocycles. The lowest BCUT2D eigenvalue weighted by Gasteiger charge is -2.01. The molecule has 4 heteroatoms. The topological polar surface area (TPSA) is 52.0 Å². The van der Waals surface area contributed by atoms with E-state index in [1.54, 1.807) is 12.1 Å². The number of hydrogen-bond acceptors (Lipinski definition) is 2. The lowest BCUT2D eigenvalue weighted by Crippen LogP contribution is -1.94. The molecule has 1 rings (SSSR count). The number of anilines is 2. The van der Waals surface area contributed by atoms with Crippen molar-refractivity contribution in [3.05, 3.63) is 22.2 Å². The van der Waals surface area contributed by atoms with Crippen LogP contribution >= 0.6 is 23.2 Å². The fourth-order valence-corrected chi connectivity index (χ4v) is 1.11. The first-order chi connectivity index (χ1) is 4.61. The second-order valence-corrected chi connectivity index (χ2v) is 2.73. The summed E-state index contributed by atoms with van der Waals surface area (Å²) in [5, 5.41) is 0.890. The SMILES string of the molecule is Nc1cc(Cl)cc(Cl)c1N. The standard InChI is InChI=1S/C6H6Cl2N2/c7-3-1-4(8)6(10)5(9)2-3/h1-2H,9-10H2. The van der Waals surface area contributed by atoms with Crippen molar-refractivity contribution < 1.29 is 0 Å². The Morgan fingerprint density at radius 3 is 2.20 bits per heavy atom. The maximum absolute atomic E-state index is 5.63. The van der Waals surface area contributed by atoms with Crippen LogP contribution in [0.25, 0.3) is 0 Å². The molecule has 0 amide bonds. The Labute approximate surface area is 68.7 Å². The number of benzene rings is 1. The van der Waals surface area contributed by atoms with E-state index in [1.165, 1.54) is 0 Å². The summed E-state index contributed by atoms with van der Waals surface area (Å²) in [5.41, 5.74) is 11.7. The first-order valence-electron chi connectivity index (χ1n) is 2.61. The molecule has 1 aromatic carbocycles. The highest BCUT2D eigenvalue weighted by atomic mass is 35.5. The van der Waals surface area contributed by atoms with E-state index >= 15 is 0 Å². The van der Waals surface area contributed by atoms with Crippen molar-refractivity contribution in [2.75, 3.05) is 11.5 Å². The van der Waals surface area contributed by atoms with Gasteiger partial charge >= 0.3 is 0 Å². The first-order valence-corrected chi connectivity index (χ1v) is 3.37. The highest BCUT2D eigenvalue weighted by Crippen LogP contribution is 2.28. The van der Waals surface area contributed by atoms with E-state index in [9.17, 15) is 0 Å². The highest BCUT2D eigenvalue weighted by Gasteiger charge is 2.00. The van der Waals surface area contributed by atoms with Gasteiger partial charge in [0, 0.05) is 5.02 Å². The highest BCUT2D eigenvalue weighted by molar-refractivity contribution is 6.37. The predicted molar refractivity (Wildman–Crippen MR) is 45.3 cm³/mol. The molecule has 0 unspecified atom stereocenters. The van der Waals surface area contributed by atoms with Gasteiger partial charge in [-0.1, -0.05) is 23.2 Å². The molecule has 1 aromatic rings. The van der Waals surface area contributed by atoms with E-state index < -0.39 is 0 Å². The molecule has 0 aromatic heterocycles. The minimum atomic E-state index is 0.381. The normalized spacial score (nSPS) is 9.80. The molecule has 0 heterocycles. The zero-order valence-electron chi connectivity index (χ0n) is 5.07. The zero-order chi connectivity index (χ0) is 7.72. The van der Waals surface area contributed by atoms with Crippen molar-refractivity contribution in [2.45, 2.75) is 0 Å². The van der Waals surface area contributed by atoms with Crippen molar-refractivity contribution >= 4 is 34.6 Å². The van der Waals surface area contributed by atoms with Gasteiger partial charge in [0.2, 0.25) is 0 Å². The second-order valence-electron chi connectivity index (χ2n) is 1.89. The van der Waals surface area contributed by atoms with E-state index in [2.05, 4.69) is 0 Å². The summed E-state index contributed by atoms with van der Waals surface area (Å²) in [6.45, 7) is 0. The molecule has 0 saturated heterocycles. The van der Waals surface area contributed by atoms with Crippen LogP contribution < -0.4 is 11.5 Å². The van der Waals surface area contributed by atoms with Crippen molar-refractivity contribution in [3.8, 4) is 0 Å². The Kier molecular flexibility index (Phi) is 1.92. The number of nitrogen functional groups attached to an aromatic ring is 2. The van der Waals surface area contributed by atoms with Gasteiger partial charge in [0.05, 0.1) is 16.4 Å². The summed E-state index contributed by atoms with van der Waals surface area (Å²) in [7, 11) is 0. The Bertz CT molecular complexity index is 237. The first kappa shape index (κ1) is 7.51. The summed E-state index contributed by atoms with van der Waals surface area (Å²) in [4.78, 5) is 0. The van der Waals surface area contributed by atoms with E-state index in [1.807, 2.05) is 0 Å². The molecular formula is C6H6Cl2N2. The molecule has 4 N–H and O–H groups in total. The minimum absolute atomic E-state index is 0.381. The molecule has 0 spiro atoms. The van der Waals surface area contributed by atoms with Crippen LogP contribution in [-0.4, -0.2) is 0 Å². The zero-order valence-corrected chi connectivity index (χ0v) is 6.58. The van der Waals surface area contributed by atoms with Crippen LogP contribution in [0.2, 0.25) is 10.0 Å². The van der Waals surface area contributed by atoms with Crippen LogP contribution in [0.5, 0.6) is 0 Å². The quantitative estimate of drug-likeness (QED) is 0.596. The molecule has 0 aliphatic rings. The summed E-state index contributed by atoms with van der Waals surface area (Å²) >= 11 is 11.2. The van der Waals surface area contributed by atoms with E-state index in [-0.39, 0.29) is 0 Å². The van der Waals surface area contributed by atoms with Crippen LogP contribution in [0.1, 0.15) is 0 Å². The smallest absolute Gasteiger partial charge is 0.0738 e. The third-order valence-corrected chi connectivity index (χ3v) is 1.66. The van der Waals surface area contributed by atoms with Gasteiger partial charge < -0.3 is 11.5 Å². The maximum Gasteiger partial charge on any atom is 0.0738 e. The van der Waals surface area contributed by atoms with Crippen molar-refractivity contribution in [2.24, 2.45) is 0 Å². The lowest BCUT2D eigenvalue weighted by atomic mass is 10.3. The summed E-state index contributed by atoms with van der Waals surface area (Å²) < 4.78 is 0. The summed E-state index contributed by atoms with van der Waals surface area (Å²) in [6, 6.07) is 3.11. The third kappa shape index (κ3) is 1.28. The minimum Gasteiger partial charge on any atom is -0.397 e. The number of halogens is 2. The van der Waals surface area contributed by atoms with Crippen LogP contribution in [0.15, 0.2) is 12.1 Å². The van der Waals surface area contributed by atoms with E-state index in [0.717, 1.165) is 0 Å². The van der Waals surface area contributed by atoms with Crippen LogP contribution in [0, 0.1) is 0 Å². The van der Waals surface area contributed by atoms with Gasteiger partial charge in [-0.25, -0.2) is 0 Å². The molecule has 54 valence electrons. The van der Waals surface area contributed by atoms with Crippen LogP contribution in [0.3, 0.4) is 0 Å². The van der Waals surface area contributed by atoms with Gasteiger partial charge in [0.25, 0.3) is 0 Å². The molecule has 0 atom stereocenters. The number of nitrogens with two attached hydrogens (primary N) is 2. The van der Waals surface area contributed by atoms with E-state index in [4.69, 9.17) is 34.7 Å². The van der Waals surface area contributed by atoms with Gasteiger partial charge in [-0.3, -0.25) is 0 Å². The Hall–Kier alpha value is -0.600. The molecule has 0 radical (unpaired) electrons. The molecule has 0 bridgehead atoms. The monoisotopic (exact) mass is 176 g/mol. The fourth-order valence-electron chi connectivity index (χ4n) is 0.605. The molecule has 0 fully saturated rings. The average molecular weight is 177 g/mol. The Morgan fingerprint density at radius 2 is 1.70 bits per heavy atom. The van der Waals surface area contributed by atoms with Crippen LogP contribution in [0.4, 0.5) is 11.4 Å². The number of rotatable bonds is 0. The second kappa shape index (κ2) is 2.56. The molecule has 10 heavy (non-hydrogen) atoms. The molecule has 2 nitrogen and oxygen atoms in total. The maximum atomic E-state index is 5.63. The lowest BCUT2D eigenvalue weighted by molar-refractivity contribution is 1.66. The molecule has 0 aliphatic carbocycles. The van der Waals surface area contributed by atoms with Gasteiger partial charge in [-0.15, -0.1) is 0 Å². The Morgan fingerprint density at radius 1 is 1.10 bits per heavy atom. The number of hydrogen-bond donors (Lipinski definition) is 2. The fraction of sp³-hybridized carbons (Fsp3) is 0. The van der Waals surface area contributed by atoms with Crippen molar-refractivity contribution in [3.63, 3.8) is 0 Å². The van der Waals surface area contributed by atoms with Gasteiger partial charge in [-0.05, 0) is 12.1 Å². The van der Waals surface area contributed by atoms with Crippen molar-refractivity contribution in [1.82, 2.24) is 0 Å². The largest absolute Gasteiger partial charge is 0.397 e. The average Bonchev–Trinajstić information content (AvgIpc) is 1.82. The van der Waals surface area contributed by atoms with E-state index in [0.29, 0.717) is 21.4 Å². The van der Waals surface area contributed by atoms with Gasteiger partial charge in [-0.2, -0.15) is 0 Å². The van der Waals surface area contributed by atoms with Gasteiger partial charge in [0.1, 0.15) is 0 Å². The summed E-state index contributed by atoms with van der Waals surface area (Å²) in [5.74, 6) is 0. The van der Waals surface area contributed by atoms with Crippen LogP contribution in [-0.2, 0) is 0 Å². The third-order valence-electron chi connectivity index (χ3n) is 1.13. The van der Waals surface area contributed by atoms with Crippen molar-refractivity contribution in [1.29, 1.82) is 0 Å². The predicted octanol–water partition coefficient (Wildman–Crippen LogP) is 2.16. The molecular weight excluding hydrogens is 171 g/mol. The summed E-state index contributed by atoms with van der Waals surface area (Å²) in [6.07, 6.45) is 0.